The number of urea groups is 1. The number of allylic oxidation sites excluding steroid dienone is 1. The fraction of sp³-hybridized carbons (Fsp3) is 0.350. The van der Waals surface area contributed by atoms with Crippen molar-refractivity contribution in [1.29, 1.82) is 0 Å². The second kappa shape index (κ2) is 10.1. The van der Waals surface area contributed by atoms with E-state index in [1.54, 1.807) is 13.0 Å². The SMILES string of the molecule is C#CCOC(=O)CCN1C(=O)NC(C)=C(C(=O)OCC)C1c1cccc([N+](=O)[O-])c1. The summed E-state index contributed by atoms with van der Waals surface area (Å²) in [5.41, 5.74) is 0.515. The number of nitro benzene ring substituents is 1. The number of terminal acetylenes is 1. The van der Waals surface area contributed by atoms with Gasteiger partial charge < -0.3 is 19.7 Å². The summed E-state index contributed by atoms with van der Waals surface area (Å²) in [6.45, 7) is 2.96. The van der Waals surface area contributed by atoms with E-state index in [-0.39, 0.29) is 43.1 Å². The van der Waals surface area contributed by atoms with Crippen LogP contribution in [0.15, 0.2) is 35.5 Å². The Morgan fingerprint density at radius 2 is 2.10 bits per heavy atom. The quantitative estimate of drug-likeness (QED) is 0.298. The smallest absolute Gasteiger partial charge is 0.338 e. The summed E-state index contributed by atoms with van der Waals surface area (Å²) in [5, 5.41) is 13.8. The molecule has 10 nitrogen and oxygen atoms in total. The number of amides is 2. The van der Waals surface area contributed by atoms with Crippen molar-refractivity contribution in [2.45, 2.75) is 26.3 Å². The van der Waals surface area contributed by atoms with Crippen molar-refractivity contribution in [3.05, 3.63) is 51.2 Å². The van der Waals surface area contributed by atoms with Gasteiger partial charge in [0.25, 0.3) is 5.69 Å². The van der Waals surface area contributed by atoms with Crippen molar-refractivity contribution in [2.24, 2.45) is 0 Å². The van der Waals surface area contributed by atoms with E-state index in [1.807, 2.05) is 0 Å². The highest BCUT2D eigenvalue weighted by Gasteiger charge is 2.39. The maximum Gasteiger partial charge on any atom is 0.338 e. The molecule has 0 spiro atoms. The molecule has 0 fully saturated rings. The van der Waals surface area contributed by atoms with Crippen LogP contribution in [0.5, 0.6) is 0 Å². The lowest BCUT2D eigenvalue weighted by Gasteiger charge is -2.37. The van der Waals surface area contributed by atoms with E-state index in [4.69, 9.17) is 15.9 Å². The van der Waals surface area contributed by atoms with Gasteiger partial charge in [-0.3, -0.25) is 14.9 Å². The molecular formula is C20H21N3O7. The minimum atomic E-state index is -0.988. The van der Waals surface area contributed by atoms with Gasteiger partial charge in [0.1, 0.15) is 0 Å². The standard InChI is InChI=1S/C20H21N3O7/c1-4-11-30-16(24)9-10-22-18(14-7-6-8-15(12-14)23(27)28)17(19(25)29-5-2)13(3)21-20(22)26/h1,6-8,12,18H,5,9-11H2,2-3H3,(H,21,26). The molecular weight excluding hydrogens is 394 g/mol. The molecule has 1 aliphatic heterocycles. The Morgan fingerprint density at radius 1 is 1.37 bits per heavy atom. The Hall–Kier alpha value is -3.87. The van der Waals surface area contributed by atoms with Crippen LogP contribution in [0.4, 0.5) is 10.5 Å². The summed E-state index contributed by atoms with van der Waals surface area (Å²) in [7, 11) is 0. The van der Waals surface area contributed by atoms with Gasteiger partial charge in [-0.1, -0.05) is 18.1 Å². The number of carbonyl (C=O) groups is 3. The maximum atomic E-state index is 12.7. The monoisotopic (exact) mass is 415 g/mol. The topological polar surface area (TPSA) is 128 Å². The molecule has 1 aromatic carbocycles. The zero-order valence-corrected chi connectivity index (χ0v) is 16.5. The second-order valence-corrected chi connectivity index (χ2v) is 6.25. The first-order valence-corrected chi connectivity index (χ1v) is 9.09. The molecule has 0 saturated heterocycles. The van der Waals surface area contributed by atoms with E-state index in [0.29, 0.717) is 5.56 Å². The highest BCUT2D eigenvalue weighted by atomic mass is 16.6. The number of nitrogens with one attached hydrogen (secondary N) is 1. The summed E-state index contributed by atoms with van der Waals surface area (Å²) < 4.78 is 9.94. The van der Waals surface area contributed by atoms with Gasteiger partial charge in [-0.25, -0.2) is 9.59 Å². The van der Waals surface area contributed by atoms with E-state index in [9.17, 15) is 24.5 Å². The van der Waals surface area contributed by atoms with Crippen LogP contribution in [-0.2, 0) is 19.1 Å². The van der Waals surface area contributed by atoms with Crippen LogP contribution >= 0.6 is 0 Å². The predicted octanol–water partition coefficient (Wildman–Crippen LogP) is 2.06. The maximum absolute atomic E-state index is 12.7. The number of benzene rings is 1. The van der Waals surface area contributed by atoms with E-state index >= 15 is 0 Å². The van der Waals surface area contributed by atoms with Gasteiger partial charge in [0, 0.05) is 24.4 Å². The summed E-state index contributed by atoms with van der Waals surface area (Å²) >= 11 is 0. The molecule has 2 amide bonds. The molecule has 30 heavy (non-hydrogen) atoms. The van der Waals surface area contributed by atoms with Crippen LogP contribution in [0.2, 0.25) is 0 Å². The number of rotatable bonds is 8. The average molecular weight is 415 g/mol. The number of carbonyl (C=O) groups excluding carboxylic acids is 3. The fourth-order valence-electron chi connectivity index (χ4n) is 3.04. The molecule has 1 unspecified atom stereocenters. The lowest BCUT2D eigenvalue weighted by atomic mass is 9.93. The zero-order valence-electron chi connectivity index (χ0n) is 16.5. The Labute approximate surface area is 173 Å². The number of nitrogens with zero attached hydrogens (tertiary/aromatic N) is 2. The second-order valence-electron chi connectivity index (χ2n) is 6.25. The lowest BCUT2D eigenvalue weighted by molar-refractivity contribution is -0.384. The van der Waals surface area contributed by atoms with Gasteiger partial charge in [0.15, 0.2) is 6.61 Å². The van der Waals surface area contributed by atoms with Gasteiger partial charge in [0.2, 0.25) is 0 Å². The number of nitro groups is 1. The van der Waals surface area contributed by atoms with Gasteiger partial charge >= 0.3 is 18.0 Å². The summed E-state index contributed by atoms with van der Waals surface area (Å²) in [6, 6.07) is 4.04. The highest BCUT2D eigenvalue weighted by Crippen LogP contribution is 2.35. The molecule has 1 N–H and O–H groups in total. The molecule has 0 aromatic heterocycles. The molecule has 1 atom stereocenters. The molecule has 0 bridgehead atoms. The Balaban J connectivity index is 2.48. The number of hydrogen-bond donors (Lipinski definition) is 1. The zero-order chi connectivity index (χ0) is 22.3. The molecule has 0 aliphatic carbocycles. The van der Waals surface area contributed by atoms with Crippen LogP contribution in [-0.4, -0.2) is 47.6 Å². The summed E-state index contributed by atoms with van der Waals surface area (Å²) in [6.07, 6.45) is 4.87. The molecule has 158 valence electrons. The van der Waals surface area contributed by atoms with Crippen molar-refractivity contribution in [2.75, 3.05) is 19.8 Å². The van der Waals surface area contributed by atoms with Gasteiger partial charge in [-0.05, 0) is 19.4 Å². The molecule has 2 rings (SSSR count). The first-order chi connectivity index (χ1) is 14.3. The Morgan fingerprint density at radius 3 is 2.73 bits per heavy atom. The third-order valence-corrected chi connectivity index (χ3v) is 4.31. The molecule has 0 saturated carbocycles. The van der Waals surface area contributed by atoms with Crippen molar-refractivity contribution in [3.8, 4) is 12.3 Å². The highest BCUT2D eigenvalue weighted by molar-refractivity contribution is 5.95. The number of esters is 2. The first-order valence-electron chi connectivity index (χ1n) is 9.09. The third-order valence-electron chi connectivity index (χ3n) is 4.31. The number of hydrogen-bond acceptors (Lipinski definition) is 7. The average Bonchev–Trinajstić information content (AvgIpc) is 2.71. The molecule has 1 aromatic rings. The van der Waals surface area contributed by atoms with Crippen LogP contribution in [0.1, 0.15) is 31.9 Å². The minimum absolute atomic E-state index is 0.101. The van der Waals surface area contributed by atoms with Crippen LogP contribution in [0.3, 0.4) is 0 Å². The number of ether oxygens (including phenoxy) is 2. The minimum Gasteiger partial charge on any atom is -0.463 e. The summed E-state index contributed by atoms with van der Waals surface area (Å²) in [4.78, 5) is 49.0. The van der Waals surface area contributed by atoms with Crippen LogP contribution in [0, 0.1) is 22.5 Å². The van der Waals surface area contributed by atoms with Crippen LogP contribution in [0.25, 0.3) is 0 Å². The number of non-ortho nitro benzene ring substituents is 1. The van der Waals surface area contributed by atoms with Crippen molar-refractivity contribution in [3.63, 3.8) is 0 Å². The van der Waals surface area contributed by atoms with E-state index < -0.39 is 28.9 Å². The van der Waals surface area contributed by atoms with Gasteiger partial charge in [0.05, 0.1) is 29.6 Å². The normalized spacial score (nSPS) is 15.8. The lowest BCUT2D eigenvalue weighted by Crippen LogP contribution is -2.49. The van der Waals surface area contributed by atoms with E-state index in [2.05, 4.69) is 11.2 Å². The molecule has 1 aliphatic rings. The van der Waals surface area contributed by atoms with Crippen molar-refractivity contribution >= 4 is 23.7 Å². The Bertz CT molecular complexity index is 933. The Kier molecular flexibility index (Phi) is 7.52. The largest absolute Gasteiger partial charge is 0.463 e. The van der Waals surface area contributed by atoms with Crippen LogP contribution < -0.4 is 5.32 Å². The molecule has 0 radical (unpaired) electrons. The fourth-order valence-corrected chi connectivity index (χ4v) is 3.04. The predicted molar refractivity (Wildman–Crippen MR) is 105 cm³/mol. The van der Waals surface area contributed by atoms with Gasteiger partial charge in [-0.2, -0.15) is 0 Å². The van der Waals surface area contributed by atoms with Gasteiger partial charge in [-0.15, -0.1) is 6.42 Å². The third kappa shape index (κ3) is 5.14. The summed E-state index contributed by atoms with van der Waals surface area (Å²) in [5.74, 6) is 0.873. The van der Waals surface area contributed by atoms with E-state index in [0.717, 1.165) is 0 Å². The first kappa shape index (κ1) is 22.4. The van der Waals surface area contributed by atoms with Crippen molar-refractivity contribution in [1.82, 2.24) is 10.2 Å². The van der Waals surface area contributed by atoms with E-state index in [1.165, 1.54) is 30.0 Å². The van der Waals surface area contributed by atoms with Crippen molar-refractivity contribution < 1.29 is 28.8 Å². The molecule has 10 heteroatoms. The molecule has 1 heterocycles.